The lowest BCUT2D eigenvalue weighted by molar-refractivity contribution is -0.145. The molecule has 3 amide bonds. The maximum absolute atomic E-state index is 14.4. The number of β-amino-alcohol motifs (C(OH)–C–C–N with tert-alkyl or cyclic N) is 1. The summed E-state index contributed by atoms with van der Waals surface area (Å²) in [6.07, 6.45) is 11.1. The number of nitrogen functional groups attached to an aromatic ring is 1. The van der Waals surface area contributed by atoms with Crippen LogP contribution in [-0.4, -0.2) is 119 Å². The number of carbonyl (C=O) groups excluding carboxylic acids is 3. The van der Waals surface area contributed by atoms with Crippen LogP contribution in [0.5, 0.6) is 5.75 Å². The summed E-state index contributed by atoms with van der Waals surface area (Å²) in [7, 11) is 0. The summed E-state index contributed by atoms with van der Waals surface area (Å²) in [5, 5.41) is 47.4. The predicted molar refractivity (Wildman–Crippen MR) is 272 cm³/mol. The molecule has 2 saturated carbocycles. The van der Waals surface area contributed by atoms with E-state index in [-0.39, 0.29) is 54.9 Å². The van der Waals surface area contributed by atoms with E-state index in [0.717, 1.165) is 104 Å². The number of nitrogens with zero attached hydrogens (tertiary/aromatic N) is 7. The molecule has 71 heavy (non-hydrogen) atoms. The molecule has 2 aromatic carbocycles. The van der Waals surface area contributed by atoms with Crippen molar-refractivity contribution >= 4 is 41.3 Å². The van der Waals surface area contributed by atoms with Crippen LogP contribution in [-0.2, 0) is 19.2 Å². The van der Waals surface area contributed by atoms with Gasteiger partial charge in [-0.3, -0.25) is 23.9 Å². The zero-order valence-electron chi connectivity index (χ0n) is 41.3. The molecule has 4 aliphatic rings. The molecule has 3 aromatic heterocycles. The van der Waals surface area contributed by atoms with Crippen molar-refractivity contribution in [3.8, 4) is 38.6 Å². The number of carbonyl (C=O) groups is 4. The van der Waals surface area contributed by atoms with E-state index < -0.39 is 23.6 Å². The second-order valence-electron chi connectivity index (χ2n) is 21.3. The van der Waals surface area contributed by atoms with Gasteiger partial charge in [0, 0.05) is 61.4 Å². The quantitative estimate of drug-likeness (QED) is 0.0690. The Bertz CT molecular complexity index is 2660. The van der Waals surface area contributed by atoms with Crippen molar-refractivity contribution in [2.45, 2.75) is 123 Å². The van der Waals surface area contributed by atoms with Gasteiger partial charge in [-0.1, -0.05) is 57.2 Å². The third-order valence-electron chi connectivity index (χ3n) is 15.2. The number of phenols is 1. The molecule has 4 atom stereocenters. The number of hydrogen-bond donors (Lipinski definition) is 6. The molecular weight excluding hydrogens is 921 g/mol. The maximum Gasteiger partial charge on any atom is 0.290 e. The summed E-state index contributed by atoms with van der Waals surface area (Å²) in [5.41, 5.74) is 13.6. The number of aliphatic hydroxyl groups excluding tert-OH is 1. The number of aryl methyl sites for hydroxylation is 1. The minimum atomic E-state index is -0.849. The lowest BCUT2D eigenvalue weighted by Gasteiger charge is -2.54. The van der Waals surface area contributed by atoms with E-state index in [1.165, 1.54) is 4.90 Å². The number of rotatable bonds is 12. The van der Waals surface area contributed by atoms with E-state index in [0.29, 0.717) is 34.4 Å². The standard InChI is InChI=1S/C52H66N10O5S.CH2O2/c1-31(34-14-16-35(17-15-34)45-32(2)54-30-68-45)56-49(66)43-22-39(63)27-61(43)50(67)46(51(3,4)5)57-48(65)36-12-10-33(11-13-36)25-60-28-52(29-60)20-18-38(19-21-52)62-26-37(24-55-62)41-23-42(58-59-47(41)53)40-8-6-7-9-44(40)64;2-1-3/h6-9,14-17,23-24,26,30-31,33,36,38-39,43,46,63-64H,10-13,18-22,25,27-29H2,1-5H3,(H2,53,59)(H,56,66)(H,57,65);1H,(H,2,3)/t31-,33?,36?,39+,43-,46+;/m0./s1. The Morgan fingerprint density at radius 3 is 2.28 bits per heavy atom. The molecular formula is C53H68N10O7S. The summed E-state index contributed by atoms with van der Waals surface area (Å²) in [6, 6.07) is 15.3. The molecule has 9 rings (SSSR count). The fourth-order valence-corrected chi connectivity index (χ4v) is 12.0. The Morgan fingerprint density at radius 2 is 1.63 bits per heavy atom. The van der Waals surface area contributed by atoms with Gasteiger partial charge < -0.3 is 41.5 Å². The van der Waals surface area contributed by atoms with Gasteiger partial charge in [-0.2, -0.15) is 5.10 Å². The zero-order valence-corrected chi connectivity index (χ0v) is 42.1. The second-order valence-corrected chi connectivity index (χ2v) is 22.2. The van der Waals surface area contributed by atoms with E-state index in [9.17, 15) is 24.6 Å². The smallest absolute Gasteiger partial charge is 0.290 e. The van der Waals surface area contributed by atoms with Crippen molar-refractivity contribution in [1.82, 2.24) is 45.4 Å². The Morgan fingerprint density at radius 1 is 0.944 bits per heavy atom. The number of carboxylic acid groups (broad SMARTS) is 1. The lowest BCUT2D eigenvalue weighted by atomic mass is 9.67. The molecule has 4 fully saturated rings. The van der Waals surface area contributed by atoms with Crippen LogP contribution in [0.25, 0.3) is 32.8 Å². The van der Waals surface area contributed by atoms with Gasteiger partial charge in [0.2, 0.25) is 17.7 Å². The van der Waals surface area contributed by atoms with Crippen LogP contribution in [0.3, 0.4) is 0 Å². The predicted octanol–water partition coefficient (Wildman–Crippen LogP) is 7.02. The van der Waals surface area contributed by atoms with Gasteiger partial charge in [-0.15, -0.1) is 21.5 Å². The summed E-state index contributed by atoms with van der Waals surface area (Å²) < 4.78 is 2.08. The first kappa shape index (κ1) is 51.1. The Balaban J connectivity index is 0.00000220. The van der Waals surface area contributed by atoms with Gasteiger partial charge in [-0.25, -0.2) is 4.98 Å². The molecule has 2 saturated heterocycles. The first-order valence-electron chi connectivity index (χ1n) is 24.8. The number of hydrogen-bond acceptors (Lipinski definition) is 13. The highest BCUT2D eigenvalue weighted by atomic mass is 32.1. The summed E-state index contributed by atoms with van der Waals surface area (Å²) in [5.74, 6) is 0.0552. The van der Waals surface area contributed by atoms with Gasteiger partial charge >= 0.3 is 0 Å². The van der Waals surface area contributed by atoms with Gasteiger partial charge in [0.1, 0.15) is 17.8 Å². The highest BCUT2D eigenvalue weighted by Gasteiger charge is 2.47. The zero-order chi connectivity index (χ0) is 50.6. The monoisotopic (exact) mass is 988 g/mol. The van der Waals surface area contributed by atoms with Crippen molar-refractivity contribution < 1.29 is 34.5 Å². The van der Waals surface area contributed by atoms with E-state index >= 15 is 0 Å². The van der Waals surface area contributed by atoms with E-state index in [1.54, 1.807) is 29.5 Å². The molecule has 5 aromatic rings. The van der Waals surface area contributed by atoms with Gasteiger partial charge in [0.25, 0.3) is 6.47 Å². The second kappa shape index (κ2) is 21.6. The van der Waals surface area contributed by atoms with E-state index in [1.807, 2.05) is 82.7 Å². The number of aromatic hydroxyl groups is 1. The summed E-state index contributed by atoms with van der Waals surface area (Å²) in [6.45, 7) is 12.8. The highest BCUT2D eigenvalue weighted by molar-refractivity contribution is 7.13. The van der Waals surface area contributed by atoms with Crippen LogP contribution in [0.15, 0.2) is 72.5 Å². The first-order chi connectivity index (χ1) is 33.9. The van der Waals surface area contributed by atoms with Crippen LogP contribution in [0, 0.1) is 29.6 Å². The van der Waals surface area contributed by atoms with Gasteiger partial charge in [0.05, 0.1) is 46.2 Å². The van der Waals surface area contributed by atoms with Crippen molar-refractivity contribution in [3.63, 3.8) is 0 Å². The molecule has 18 heteroatoms. The van der Waals surface area contributed by atoms with Crippen LogP contribution < -0.4 is 16.4 Å². The number of aliphatic hydroxyl groups is 1. The van der Waals surface area contributed by atoms with Crippen molar-refractivity contribution in [2.75, 3.05) is 31.9 Å². The lowest BCUT2D eigenvalue weighted by Crippen LogP contribution is -2.59. The molecule has 2 aliphatic heterocycles. The van der Waals surface area contributed by atoms with Gasteiger partial charge in [-0.05, 0) is 111 Å². The topological polar surface area (TPSA) is 242 Å². The molecule has 1 spiro atoms. The third kappa shape index (κ3) is 11.6. The molecule has 7 N–H and O–H groups in total. The number of phenolic OH excluding ortho intramolecular Hbond substituents is 1. The average Bonchev–Trinajstić information content (AvgIpc) is 4.11. The molecule has 378 valence electrons. The molecule has 17 nitrogen and oxygen atoms in total. The Labute approximate surface area is 419 Å². The first-order valence-corrected chi connectivity index (χ1v) is 25.7. The number of para-hydroxylation sites is 1. The van der Waals surface area contributed by atoms with Crippen LogP contribution in [0.4, 0.5) is 5.82 Å². The Kier molecular flexibility index (Phi) is 15.6. The van der Waals surface area contributed by atoms with Crippen molar-refractivity contribution in [3.05, 3.63) is 83.8 Å². The van der Waals surface area contributed by atoms with Crippen molar-refractivity contribution in [1.29, 1.82) is 0 Å². The molecule has 2 aliphatic carbocycles. The minimum absolute atomic E-state index is 0.0384. The highest BCUT2D eigenvalue weighted by Crippen LogP contribution is 2.48. The molecule has 5 heterocycles. The van der Waals surface area contributed by atoms with Crippen LogP contribution in [0.2, 0.25) is 0 Å². The number of amides is 3. The average molecular weight is 989 g/mol. The molecule has 0 bridgehead atoms. The van der Waals surface area contributed by atoms with E-state index in [2.05, 4.69) is 41.6 Å². The summed E-state index contributed by atoms with van der Waals surface area (Å²) >= 11 is 1.59. The van der Waals surface area contributed by atoms with Gasteiger partial charge in [0.15, 0.2) is 5.82 Å². The van der Waals surface area contributed by atoms with Crippen LogP contribution >= 0.6 is 11.3 Å². The molecule has 0 radical (unpaired) electrons. The number of nitrogens with two attached hydrogens (primary N) is 1. The number of aromatic nitrogens is 5. The fourth-order valence-electron chi connectivity index (χ4n) is 11.2. The van der Waals surface area contributed by atoms with Crippen molar-refractivity contribution in [2.24, 2.45) is 22.7 Å². The van der Waals surface area contributed by atoms with Crippen LogP contribution in [0.1, 0.15) is 109 Å². The third-order valence-corrected chi connectivity index (χ3v) is 16.2. The number of anilines is 1. The number of likely N-dealkylation sites (tertiary alicyclic amines) is 2. The molecule has 0 unspecified atom stereocenters. The minimum Gasteiger partial charge on any atom is -0.507 e. The Hall–Kier alpha value is -6.24. The maximum atomic E-state index is 14.4. The number of thiazole rings is 1. The number of nitrogens with one attached hydrogen (secondary N) is 2. The largest absolute Gasteiger partial charge is 0.507 e. The SMILES string of the molecule is Cc1ncsc1-c1ccc([C@H](C)NC(=O)[C@@H]2C[C@@H](O)CN2C(=O)[C@@H](NC(=O)C2CCC(CN3CC4(CCC(n5cc(-c6cc(-c7ccccc7O)nnc6N)cn5)CC4)C3)CC2)C(C)(C)C)cc1.O=CO. The fraction of sp³-hybridized carbons (Fsp3) is 0.509. The number of benzene rings is 2. The summed E-state index contributed by atoms with van der Waals surface area (Å²) in [4.78, 5) is 60.0. The normalized spacial score (nSPS) is 22.1. The van der Waals surface area contributed by atoms with E-state index in [4.69, 9.17) is 20.7 Å².